The molecule has 2 amide bonds. The number of carbonyl (C=O) groups excluding carboxylic acids is 2. The molecule has 0 bridgehead atoms. The molecule has 3 N–H and O–H groups in total. The zero-order valence-electron chi connectivity index (χ0n) is 15.5. The lowest BCUT2D eigenvalue weighted by Crippen LogP contribution is -2.20. The Labute approximate surface area is 162 Å². The number of benzene rings is 1. The van der Waals surface area contributed by atoms with E-state index in [0.717, 1.165) is 18.4 Å². The van der Waals surface area contributed by atoms with Gasteiger partial charge in [-0.25, -0.2) is 5.43 Å². The number of ether oxygens (including phenoxy) is 1. The molecule has 0 fully saturated rings. The fourth-order valence-electron chi connectivity index (χ4n) is 2.98. The minimum atomic E-state index is -0.524. The Morgan fingerprint density at radius 3 is 2.78 bits per heavy atom. The number of hydrogen-bond donors (Lipinski definition) is 2. The van der Waals surface area contributed by atoms with Gasteiger partial charge in [0, 0.05) is 4.88 Å². The van der Waals surface area contributed by atoms with Crippen molar-refractivity contribution in [3.05, 3.63) is 51.2 Å². The van der Waals surface area contributed by atoms with Gasteiger partial charge >= 0.3 is 0 Å². The quantitative estimate of drug-likeness (QED) is 0.591. The molecule has 142 valence electrons. The van der Waals surface area contributed by atoms with Gasteiger partial charge in [-0.1, -0.05) is 6.92 Å². The second-order valence-electron chi connectivity index (χ2n) is 6.82. The summed E-state index contributed by atoms with van der Waals surface area (Å²) in [5.74, 6) is 0.530. The zero-order chi connectivity index (χ0) is 19.4. The SMILES string of the molecule is C/C(=N/NC(=O)c1cc2c(s1)C[C@@H](C)CC2)c1ccc(OCC(N)=O)cc1. The molecule has 0 aliphatic heterocycles. The molecule has 3 rings (SSSR count). The third-order valence-electron chi connectivity index (χ3n) is 4.54. The fraction of sp³-hybridized carbons (Fsp3) is 0.350. The molecule has 1 aromatic heterocycles. The lowest BCUT2D eigenvalue weighted by molar-refractivity contribution is -0.119. The standard InChI is InChI=1S/C20H23N3O3S/c1-12-3-4-15-10-18(27-17(15)9-12)20(25)23-22-13(2)14-5-7-16(8-6-14)26-11-19(21)24/h5-8,10,12H,3-4,9,11H2,1-2H3,(H2,21,24)(H,23,25)/b22-13-/t12-/m0/s1. The second kappa shape index (κ2) is 8.35. The topological polar surface area (TPSA) is 93.8 Å². The molecule has 1 aliphatic carbocycles. The van der Waals surface area contributed by atoms with Gasteiger partial charge in [0.2, 0.25) is 0 Å². The molecule has 2 aromatic rings. The van der Waals surface area contributed by atoms with Gasteiger partial charge in [0.15, 0.2) is 6.61 Å². The van der Waals surface area contributed by atoms with Gasteiger partial charge in [0.1, 0.15) is 5.75 Å². The molecule has 1 aliphatic rings. The van der Waals surface area contributed by atoms with Crippen LogP contribution in [0.25, 0.3) is 0 Å². The van der Waals surface area contributed by atoms with Crippen LogP contribution in [0.15, 0.2) is 35.4 Å². The molecule has 0 radical (unpaired) electrons. The number of amides is 2. The number of hydrazone groups is 1. The van der Waals surface area contributed by atoms with Crippen molar-refractivity contribution in [2.75, 3.05) is 6.61 Å². The van der Waals surface area contributed by atoms with E-state index in [1.165, 1.54) is 16.9 Å². The molecule has 0 saturated carbocycles. The third-order valence-corrected chi connectivity index (χ3v) is 5.74. The molecular formula is C20H23N3O3S. The fourth-order valence-corrected chi connectivity index (χ4v) is 4.25. The number of fused-ring (bicyclic) bond motifs is 1. The normalized spacial score (nSPS) is 16.5. The number of aryl methyl sites for hydroxylation is 1. The van der Waals surface area contributed by atoms with Crippen LogP contribution in [0.4, 0.5) is 0 Å². The van der Waals surface area contributed by atoms with Crippen molar-refractivity contribution in [2.24, 2.45) is 16.8 Å². The van der Waals surface area contributed by atoms with E-state index < -0.39 is 5.91 Å². The molecule has 7 heteroatoms. The molecule has 1 aromatic carbocycles. The zero-order valence-corrected chi connectivity index (χ0v) is 16.3. The summed E-state index contributed by atoms with van der Waals surface area (Å²) in [6, 6.07) is 9.08. The summed E-state index contributed by atoms with van der Waals surface area (Å²) >= 11 is 1.57. The molecular weight excluding hydrogens is 362 g/mol. The summed E-state index contributed by atoms with van der Waals surface area (Å²) in [6.07, 6.45) is 3.29. The number of thiophene rings is 1. The van der Waals surface area contributed by atoms with Gasteiger partial charge in [-0.05, 0) is 73.6 Å². The van der Waals surface area contributed by atoms with Crippen LogP contribution in [0, 0.1) is 5.92 Å². The van der Waals surface area contributed by atoms with Gasteiger partial charge < -0.3 is 10.5 Å². The maximum absolute atomic E-state index is 12.4. The summed E-state index contributed by atoms with van der Waals surface area (Å²) < 4.78 is 5.22. The number of nitrogens with zero attached hydrogens (tertiary/aromatic N) is 1. The Hall–Kier alpha value is -2.67. The van der Waals surface area contributed by atoms with E-state index in [1.807, 2.05) is 25.1 Å². The van der Waals surface area contributed by atoms with E-state index in [1.54, 1.807) is 23.5 Å². The Morgan fingerprint density at radius 2 is 2.07 bits per heavy atom. The van der Waals surface area contributed by atoms with Crippen LogP contribution in [-0.2, 0) is 17.6 Å². The van der Waals surface area contributed by atoms with Crippen LogP contribution in [0.5, 0.6) is 5.75 Å². The van der Waals surface area contributed by atoms with E-state index in [0.29, 0.717) is 22.3 Å². The maximum Gasteiger partial charge on any atom is 0.281 e. The Bertz CT molecular complexity index is 871. The highest BCUT2D eigenvalue weighted by Crippen LogP contribution is 2.32. The number of nitrogens with two attached hydrogens (primary N) is 1. The predicted molar refractivity (Wildman–Crippen MR) is 106 cm³/mol. The molecule has 0 unspecified atom stereocenters. The number of hydrogen-bond acceptors (Lipinski definition) is 5. The number of carbonyl (C=O) groups is 2. The summed E-state index contributed by atoms with van der Waals surface area (Å²) in [5.41, 5.74) is 10.5. The van der Waals surface area contributed by atoms with Crippen molar-refractivity contribution in [3.8, 4) is 5.75 Å². The monoisotopic (exact) mass is 385 g/mol. The minimum Gasteiger partial charge on any atom is -0.484 e. The van der Waals surface area contributed by atoms with E-state index in [-0.39, 0.29) is 12.5 Å². The van der Waals surface area contributed by atoms with Crippen molar-refractivity contribution in [2.45, 2.75) is 33.1 Å². The third kappa shape index (κ3) is 4.95. The highest BCUT2D eigenvalue weighted by molar-refractivity contribution is 7.14. The maximum atomic E-state index is 12.4. The minimum absolute atomic E-state index is 0.161. The van der Waals surface area contributed by atoms with Gasteiger partial charge in [0.05, 0.1) is 10.6 Å². The van der Waals surface area contributed by atoms with E-state index in [2.05, 4.69) is 17.5 Å². The van der Waals surface area contributed by atoms with Crippen LogP contribution in [-0.4, -0.2) is 24.1 Å². The largest absolute Gasteiger partial charge is 0.484 e. The predicted octanol–water partition coefficient (Wildman–Crippen LogP) is 2.89. The van der Waals surface area contributed by atoms with Gasteiger partial charge in [-0.15, -0.1) is 11.3 Å². The van der Waals surface area contributed by atoms with Crippen molar-refractivity contribution >= 4 is 28.9 Å². The number of nitrogens with one attached hydrogen (secondary N) is 1. The first-order valence-corrected chi connectivity index (χ1v) is 9.71. The van der Waals surface area contributed by atoms with Gasteiger partial charge in [-0.2, -0.15) is 5.10 Å². The summed E-state index contributed by atoms with van der Waals surface area (Å²) in [6.45, 7) is 3.91. The average Bonchev–Trinajstić information content (AvgIpc) is 3.07. The van der Waals surface area contributed by atoms with Gasteiger partial charge in [-0.3, -0.25) is 9.59 Å². The Balaban J connectivity index is 1.61. The second-order valence-corrected chi connectivity index (χ2v) is 7.96. The molecule has 0 spiro atoms. The highest BCUT2D eigenvalue weighted by Gasteiger charge is 2.20. The lowest BCUT2D eigenvalue weighted by atomic mass is 9.90. The Morgan fingerprint density at radius 1 is 1.33 bits per heavy atom. The van der Waals surface area contributed by atoms with Crippen LogP contribution in [0.3, 0.4) is 0 Å². The van der Waals surface area contributed by atoms with Crippen molar-refractivity contribution in [3.63, 3.8) is 0 Å². The molecule has 0 saturated heterocycles. The smallest absolute Gasteiger partial charge is 0.281 e. The number of primary amides is 1. The van der Waals surface area contributed by atoms with E-state index in [4.69, 9.17) is 10.5 Å². The highest BCUT2D eigenvalue weighted by atomic mass is 32.1. The van der Waals surface area contributed by atoms with Crippen molar-refractivity contribution in [1.82, 2.24) is 5.43 Å². The molecule has 1 atom stereocenters. The first-order valence-electron chi connectivity index (χ1n) is 8.90. The van der Waals surface area contributed by atoms with Crippen LogP contribution < -0.4 is 15.9 Å². The summed E-state index contributed by atoms with van der Waals surface area (Å²) in [4.78, 5) is 25.2. The number of rotatable bonds is 6. The molecule has 1 heterocycles. The van der Waals surface area contributed by atoms with Crippen molar-refractivity contribution < 1.29 is 14.3 Å². The molecule has 6 nitrogen and oxygen atoms in total. The Kier molecular flexibility index (Phi) is 5.91. The summed E-state index contributed by atoms with van der Waals surface area (Å²) in [7, 11) is 0. The van der Waals surface area contributed by atoms with E-state index >= 15 is 0 Å². The van der Waals surface area contributed by atoms with Crippen molar-refractivity contribution in [1.29, 1.82) is 0 Å². The average molecular weight is 385 g/mol. The van der Waals surface area contributed by atoms with E-state index in [9.17, 15) is 9.59 Å². The molecule has 27 heavy (non-hydrogen) atoms. The summed E-state index contributed by atoms with van der Waals surface area (Å²) in [5, 5.41) is 4.20. The lowest BCUT2D eigenvalue weighted by Gasteiger charge is -2.16. The first kappa shape index (κ1) is 19.1. The van der Waals surface area contributed by atoms with Crippen LogP contribution >= 0.6 is 11.3 Å². The van der Waals surface area contributed by atoms with Gasteiger partial charge in [0.25, 0.3) is 11.8 Å². The van der Waals surface area contributed by atoms with Crippen LogP contribution in [0.1, 0.15) is 45.9 Å². The van der Waals surface area contributed by atoms with Crippen LogP contribution in [0.2, 0.25) is 0 Å². The first-order chi connectivity index (χ1) is 12.9.